The molecule has 3 N–H and O–H groups in total. The summed E-state index contributed by atoms with van der Waals surface area (Å²) in [5, 5.41) is 0. The fourth-order valence-electron chi connectivity index (χ4n) is 8.04. The molecular weight excluding hydrogens is 906 g/mol. The van der Waals surface area contributed by atoms with Crippen LogP contribution in [0.25, 0.3) is 0 Å². The third-order valence-electron chi connectivity index (χ3n) is 12.3. The Morgan fingerprint density at radius 2 is 0.775 bits per heavy atom. The van der Waals surface area contributed by atoms with Gasteiger partial charge in [0.1, 0.15) is 6.61 Å². The van der Waals surface area contributed by atoms with Crippen LogP contribution >= 0.6 is 7.82 Å². The minimum absolute atomic E-state index is 0.0411. The molecule has 0 aliphatic heterocycles. The Bertz CT molecular complexity index is 1440. The van der Waals surface area contributed by atoms with Crippen molar-refractivity contribution < 1.29 is 37.6 Å². The van der Waals surface area contributed by atoms with Crippen LogP contribution < -0.4 is 5.73 Å². The average molecular weight is 1010 g/mol. The number of hydrogen-bond acceptors (Lipinski definition) is 8. The van der Waals surface area contributed by atoms with Crippen molar-refractivity contribution in [1.82, 2.24) is 0 Å². The van der Waals surface area contributed by atoms with Crippen molar-refractivity contribution in [2.75, 3.05) is 26.4 Å². The van der Waals surface area contributed by atoms with Crippen molar-refractivity contribution in [2.24, 2.45) is 5.73 Å². The molecule has 0 saturated carbocycles. The molecule has 410 valence electrons. The average Bonchev–Trinajstić information content (AvgIpc) is 3.36. The summed E-state index contributed by atoms with van der Waals surface area (Å²) in [4.78, 5) is 35.1. The molecule has 2 unspecified atom stereocenters. The highest BCUT2D eigenvalue weighted by molar-refractivity contribution is 7.47. The Kier molecular flexibility index (Phi) is 54.2. The Morgan fingerprint density at radius 3 is 1.14 bits per heavy atom. The lowest BCUT2D eigenvalue weighted by atomic mass is 10.0. The summed E-state index contributed by atoms with van der Waals surface area (Å²) in [7, 11) is -4.41. The normalized spacial score (nSPS) is 13.7. The van der Waals surface area contributed by atoms with E-state index in [1.54, 1.807) is 0 Å². The van der Waals surface area contributed by atoms with Crippen LogP contribution in [0.15, 0.2) is 85.1 Å². The van der Waals surface area contributed by atoms with Gasteiger partial charge in [-0.2, -0.15) is 0 Å². The monoisotopic (exact) mass is 1010 g/mol. The number of unbranched alkanes of at least 4 members (excludes halogenated alkanes) is 27. The molecule has 0 saturated heterocycles. The summed E-state index contributed by atoms with van der Waals surface area (Å²) < 4.78 is 33.0. The molecule has 0 radical (unpaired) electrons. The number of esters is 2. The number of rotatable bonds is 54. The van der Waals surface area contributed by atoms with Crippen LogP contribution in [0.3, 0.4) is 0 Å². The van der Waals surface area contributed by atoms with E-state index in [1.165, 1.54) is 154 Å². The van der Waals surface area contributed by atoms with Crippen molar-refractivity contribution in [2.45, 2.75) is 264 Å². The smallest absolute Gasteiger partial charge is 0.462 e. The molecule has 9 nitrogen and oxygen atoms in total. The van der Waals surface area contributed by atoms with E-state index in [0.29, 0.717) is 12.8 Å². The summed E-state index contributed by atoms with van der Waals surface area (Å²) >= 11 is 0. The van der Waals surface area contributed by atoms with E-state index >= 15 is 0 Å². The first-order valence-electron chi connectivity index (χ1n) is 29.1. The second-order valence-corrected chi connectivity index (χ2v) is 20.6. The Hall–Kier alpha value is -2.81. The van der Waals surface area contributed by atoms with Gasteiger partial charge in [0.25, 0.3) is 0 Å². The second kappa shape index (κ2) is 56.5. The number of carbonyl (C=O) groups excluding carboxylic acids is 2. The van der Waals surface area contributed by atoms with E-state index in [-0.39, 0.29) is 32.6 Å². The molecule has 0 aromatic heterocycles. The molecule has 0 amide bonds. The molecule has 0 fully saturated rings. The molecule has 0 aliphatic carbocycles. The lowest BCUT2D eigenvalue weighted by Crippen LogP contribution is -2.29. The minimum Gasteiger partial charge on any atom is -0.462 e. The zero-order valence-electron chi connectivity index (χ0n) is 45.7. The van der Waals surface area contributed by atoms with Crippen LogP contribution in [0.2, 0.25) is 0 Å². The lowest BCUT2D eigenvalue weighted by Gasteiger charge is -2.19. The number of hydrogen-bond donors (Lipinski definition) is 2. The van der Waals surface area contributed by atoms with Crippen LogP contribution in [-0.4, -0.2) is 49.3 Å². The van der Waals surface area contributed by atoms with Gasteiger partial charge in [-0.15, -0.1) is 0 Å². The van der Waals surface area contributed by atoms with E-state index in [4.69, 9.17) is 24.3 Å². The molecule has 0 aromatic rings. The maximum absolute atomic E-state index is 12.7. The maximum Gasteiger partial charge on any atom is 0.472 e. The minimum atomic E-state index is -4.41. The van der Waals surface area contributed by atoms with E-state index < -0.39 is 32.5 Å². The van der Waals surface area contributed by atoms with Crippen LogP contribution in [0.5, 0.6) is 0 Å². The molecule has 71 heavy (non-hydrogen) atoms. The summed E-state index contributed by atoms with van der Waals surface area (Å²) in [6.45, 7) is 3.59. The first-order chi connectivity index (χ1) is 34.8. The van der Waals surface area contributed by atoms with Gasteiger partial charge in [0, 0.05) is 19.4 Å². The Morgan fingerprint density at radius 1 is 0.437 bits per heavy atom. The molecule has 0 rings (SSSR count). The third-order valence-corrected chi connectivity index (χ3v) is 13.3. The summed E-state index contributed by atoms with van der Waals surface area (Å²) in [6.07, 6.45) is 73.7. The molecule has 0 aromatic carbocycles. The topological polar surface area (TPSA) is 134 Å². The number of phosphoric acid groups is 1. The zero-order chi connectivity index (χ0) is 51.7. The van der Waals surface area contributed by atoms with Gasteiger partial charge >= 0.3 is 19.8 Å². The van der Waals surface area contributed by atoms with Gasteiger partial charge in [0.15, 0.2) is 6.10 Å². The van der Waals surface area contributed by atoms with Gasteiger partial charge < -0.3 is 20.1 Å². The van der Waals surface area contributed by atoms with Crippen LogP contribution in [-0.2, 0) is 32.7 Å². The van der Waals surface area contributed by atoms with Crippen molar-refractivity contribution in [3.05, 3.63) is 85.1 Å². The van der Waals surface area contributed by atoms with Crippen LogP contribution in [0, 0.1) is 0 Å². The first kappa shape index (κ1) is 68.2. The Balaban J connectivity index is 4.04. The number of nitrogens with two attached hydrogens (primary N) is 1. The first-order valence-corrected chi connectivity index (χ1v) is 30.6. The quantitative estimate of drug-likeness (QED) is 0.0264. The highest BCUT2D eigenvalue weighted by Gasteiger charge is 2.26. The number of ether oxygens (including phenoxy) is 2. The molecular formula is C61H108NO8P. The molecule has 0 spiro atoms. The Labute approximate surface area is 436 Å². The van der Waals surface area contributed by atoms with Gasteiger partial charge in [-0.05, 0) is 64.2 Å². The third kappa shape index (κ3) is 56.3. The van der Waals surface area contributed by atoms with Crippen molar-refractivity contribution in [3.8, 4) is 0 Å². The predicted octanol–water partition coefficient (Wildman–Crippen LogP) is 18.3. The number of allylic oxidation sites excluding steroid dienone is 14. The van der Waals surface area contributed by atoms with Crippen LogP contribution in [0.1, 0.15) is 258 Å². The van der Waals surface area contributed by atoms with E-state index in [0.717, 1.165) is 64.2 Å². The van der Waals surface area contributed by atoms with Crippen molar-refractivity contribution >= 4 is 19.8 Å². The number of phosphoric ester groups is 1. The fraction of sp³-hybridized carbons (Fsp3) is 0.738. The zero-order valence-corrected chi connectivity index (χ0v) is 46.6. The van der Waals surface area contributed by atoms with E-state index in [2.05, 4.69) is 92.8 Å². The SMILES string of the molecule is CC/C=C\C/C=C\C/C=C\C/C=C\C/C=C\C/C=C\C/C=C\CCCC(=O)OC(COC(=O)CCCCCCCCCCCCCCCCCCCCCCCCCCCCC)COP(=O)(O)OCCN. The molecule has 10 heteroatoms. The second-order valence-electron chi connectivity index (χ2n) is 19.1. The van der Waals surface area contributed by atoms with Crippen molar-refractivity contribution in [1.29, 1.82) is 0 Å². The fourth-order valence-corrected chi connectivity index (χ4v) is 8.80. The molecule has 0 heterocycles. The molecule has 0 bridgehead atoms. The summed E-state index contributed by atoms with van der Waals surface area (Å²) in [5.41, 5.74) is 5.38. The van der Waals surface area contributed by atoms with E-state index in [9.17, 15) is 19.0 Å². The van der Waals surface area contributed by atoms with Crippen LogP contribution in [0.4, 0.5) is 0 Å². The van der Waals surface area contributed by atoms with E-state index in [1.807, 2.05) is 6.08 Å². The summed E-state index contributed by atoms with van der Waals surface area (Å²) in [5.74, 6) is -0.893. The maximum atomic E-state index is 12.7. The largest absolute Gasteiger partial charge is 0.472 e. The highest BCUT2D eigenvalue weighted by atomic mass is 31.2. The highest BCUT2D eigenvalue weighted by Crippen LogP contribution is 2.43. The summed E-state index contributed by atoms with van der Waals surface area (Å²) in [6, 6.07) is 0. The van der Waals surface area contributed by atoms with Crippen molar-refractivity contribution in [3.63, 3.8) is 0 Å². The molecule has 0 aliphatic rings. The number of carbonyl (C=O) groups is 2. The van der Waals surface area contributed by atoms with Gasteiger partial charge in [-0.1, -0.05) is 266 Å². The van der Waals surface area contributed by atoms with Gasteiger partial charge in [0.05, 0.1) is 13.2 Å². The molecule has 2 atom stereocenters. The lowest BCUT2D eigenvalue weighted by molar-refractivity contribution is -0.161. The van der Waals surface area contributed by atoms with Gasteiger partial charge in [-0.25, -0.2) is 4.57 Å². The predicted molar refractivity (Wildman–Crippen MR) is 302 cm³/mol. The standard InChI is InChI=1S/C61H108NO8P/c1-3-5-7-9-11-13-15-17-19-21-23-25-27-28-29-30-32-33-35-37-39-41-43-45-47-49-51-53-60(63)67-57-59(58-69-71(65,66)68-56-55-62)70-61(64)54-52-50-48-46-44-42-40-38-36-34-31-26-24-22-20-18-16-14-12-10-8-6-4-2/h6,8,12,14,18,20,24,26,34,36,40,42,46,48,59H,3-5,7,9-11,13,15-17,19,21-23,25,27-33,35,37-39,41,43-45,47,49-58,62H2,1-2H3,(H,65,66)/b8-6-,14-12-,20-18-,26-24-,36-34-,42-40-,48-46-. The van der Waals surface area contributed by atoms with Gasteiger partial charge in [0.2, 0.25) is 0 Å². The van der Waals surface area contributed by atoms with Gasteiger partial charge in [-0.3, -0.25) is 18.6 Å².